The number of oxime groups is 1. The third-order valence-electron chi connectivity index (χ3n) is 7.91. The molecule has 2 atom stereocenters. The Morgan fingerprint density at radius 3 is 2.33 bits per heavy atom. The number of nitrogens with one attached hydrogen (secondary N) is 1. The number of alkyl halides is 2. The number of β-lactam (4-membered cyclic amide) rings is 1. The molecule has 302 valence electrons. The summed E-state index contributed by atoms with van der Waals surface area (Å²) in [6, 6.07) is 2.61. The first-order chi connectivity index (χ1) is 27.6. The quantitative estimate of drug-likeness (QED) is 0.0162. The highest BCUT2D eigenvalue weighted by atomic mass is 35.5. The molecule has 5 N–H and O–H groups in total. The molecule has 26 heteroatoms. The van der Waals surface area contributed by atoms with E-state index in [1.54, 1.807) is 13.0 Å². The highest BCUT2D eigenvalue weighted by Gasteiger charge is 2.54. The van der Waals surface area contributed by atoms with Crippen LogP contribution < -0.4 is 20.5 Å². The van der Waals surface area contributed by atoms with Gasteiger partial charge in [-0.3, -0.25) is 24.1 Å². The van der Waals surface area contributed by atoms with Crippen molar-refractivity contribution in [3.05, 3.63) is 63.2 Å². The lowest BCUT2D eigenvalue weighted by molar-refractivity contribution is -0.150. The van der Waals surface area contributed by atoms with Gasteiger partial charge >= 0.3 is 29.8 Å². The van der Waals surface area contributed by atoms with E-state index >= 15 is 0 Å². The Balaban J connectivity index is 1.21. The van der Waals surface area contributed by atoms with Crippen LogP contribution in [0.3, 0.4) is 0 Å². The van der Waals surface area contributed by atoms with Gasteiger partial charge in [0.2, 0.25) is 0 Å². The second kappa shape index (κ2) is 17.4. The fourth-order valence-corrected chi connectivity index (χ4v) is 8.58. The minimum Gasteiger partial charge on any atom is -0.477 e. The summed E-state index contributed by atoms with van der Waals surface area (Å²) in [5, 5.41) is 30.7. The number of fused-ring (bicyclic) bond motifs is 2. The van der Waals surface area contributed by atoms with Gasteiger partial charge in [0.25, 0.3) is 23.4 Å². The Morgan fingerprint density at radius 1 is 1.02 bits per heavy atom. The monoisotopic (exact) mass is 893 g/mol. The largest absolute Gasteiger partial charge is 0.477 e. The van der Waals surface area contributed by atoms with Gasteiger partial charge in [-0.15, -0.1) is 63.2 Å². The summed E-state index contributed by atoms with van der Waals surface area (Å²) in [6.45, 7) is 3.11. The number of nitrogens with zero attached hydrogens (tertiary/aromatic N) is 7. The van der Waals surface area contributed by atoms with Crippen LogP contribution in [-0.4, -0.2) is 122 Å². The van der Waals surface area contributed by atoms with Gasteiger partial charge in [-0.1, -0.05) is 5.16 Å². The van der Waals surface area contributed by atoms with E-state index in [0.29, 0.717) is 16.3 Å². The number of nitrogen functional groups attached to an aromatic ring is 1. The van der Waals surface area contributed by atoms with Crippen LogP contribution in [0.2, 0.25) is 0 Å². The van der Waals surface area contributed by atoms with Crippen molar-refractivity contribution in [2.75, 3.05) is 29.0 Å². The molecule has 1 saturated heterocycles. The van der Waals surface area contributed by atoms with Gasteiger partial charge in [-0.25, -0.2) is 24.4 Å². The number of hydrogen-bond acceptors (Lipinski definition) is 19. The molecular formula is C32H25Cl2N9O12S3. The molecule has 1 fully saturated rings. The lowest BCUT2D eigenvalue weighted by Gasteiger charge is -2.49. The van der Waals surface area contributed by atoms with E-state index in [0.717, 1.165) is 34.1 Å². The first-order valence-electron chi connectivity index (χ1n) is 16.1. The molecule has 1 aromatic carbocycles. The number of carboxylic acid groups (broad SMARTS) is 2. The lowest BCUT2D eigenvalue weighted by Crippen LogP contribution is -2.71. The van der Waals surface area contributed by atoms with Crippen molar-refractivity contribution in [1.82, 2.24) is 34.8 Å². The second-order valence-electron chi connectivity index (χ2n) is 11.8. The van der Waals surface area contributed by atoms with Crippen molar-refractivity contribution < 1.29 is 58.1 Å². The third kappa shape index (κ3) is 8.69. The number of aliphatic carboxylic acids is 1. The predicted octanol–water partition coefficient (Wildman–Crippen LogP) is 1.86. The molecule has 2 amide bonds. The summed E-state index contributed by atoms with van der Waals surface area (Å²) >= 11 is 14.3. The Bertz CT molecular complexity index is 2490. The first-order valence-corrected chi connectivity index (χ1v) is 20.1. The Labute approximate surface area is 346 Å². The summed E-state index contributed by atoms with van der Waals surface area (Å²) in [4.78, 5) is 107. The Kier molecular flexibility index (Phi) is 12.5. The summed E-state index contributed by atoms with van der Waals surface area (Å²) in [6.07, 6.45) is 0. The van der Waals surface area contributed by atoms with Crippen LogP contribution in [0, 0.1) is 13.8 Å². The molecule has 0 saturated carbocycles. The number of amides is 2. The number of benzene rings is 1. The second-order valence-corrected chi connectivity index (χ2v) is 15.3. The van der Waals surface area contributed by atoms with Crippen LogP contribution in [0.15, 0.2) is 45.0 Å². The van der Waals surface area contributed by atoms with Crippen molar-refractivity contribution in [3.63, 3.8) is 0 Å². The van der Waals surface area contributed by atoms with E-state index in [1.807, 2.05) is 0 Å². The number of halogens is 2. The van der Waals surface area contributed by atoms with Crippen LogP contribution in [0.25, 0.3) is 5.78 Å². The molecule has 0 radical (unpaired) electrons. The molecule has 2 aliphatic heterocycles. The van der Waals surface area contributed by atoms with E-state index in [1.165, 1.54) is 34.6 Å². The van der Waals surface area contributed by atoms with E-state index in [2.05, 4.69) is 30.5 Å². The van der Waals surface area contributed by atoms with Gasteiger partial charge in [0, 0.05) is 22.6 Å². The number of rotatable bonds is 14. The minimum atomic E-state index is -1.39. The third-order valence-corrected chi connectivity index (χ3v) is 11.4. The summed E-state index contributed by atoms with van der Waals surface area (Å²) in [7, 11) is 0. The van der Waals surface area contributed by atoms with Gasteiger partial charge in [-0.05, 0) is 43.2 Å². The normalized spacial score (nSPS) is 16.4. The highest BCUT2D eigenvalue weighted by Crippen LogP contribution is 2.42. The van der Waals surface area contributed by atoms with Crippen molar-refractivity contribution in [2.24, 2.45) is 5.16 Å². The van der Waals surface area contributed by atoms with Gasteiger partial charge < -0.3 is 35.6 Å². The standard InChI is InChI=1S/C32H25Cl2N9O12S3/c1-11-3-16(53-19(44)6-33)17(54-20(45)7-34)5-14(11)30(52)55-41-21(15-10-58-31(35)37-15)25(46)38-22-26(47)42-23(28(48)49)13(9-57-27(22)42)8-56-18-4-12(2)36-32-39-24(29(50)51)40-43(18)32/h3-5,10,22,27H,6-9H2,1-2H3,(H2,35,37)(H,38,46)(H,48,49)(H,50,51)/b41-21-/t22-,27-/m1/s1. The zero-order chi connectivity index (χ0) is 42.0. The smallest absolute Gasteiger partial charge is 0.375 e. The summed E-state index contributed by atoms with van der Waals surface area (Å²) in [5.41, 5.74) is 5.60. The average Bonchev–Trinajstić information content (AvgIpc) is 3.82. The highest BCUT2D eigenvalue weighted by molar-refractivity contribution is 8.01. The maximum atomic E-state index is 13.7. The maximum Gasteiger partial charge on any atom is 0.375 e. The molecule has 0 bridgehead atoms. The number of carbonyl (C=O) groups excluding carboxylic acids is 5. The fraction of sp³-hybridized carbons (Fsp3) is 0.250. The molecule has 0 unspecified atom stereocenters. The summed E-state index contributed by atoms with van der Waals surface area (Å²) < 4.78 is 11.4. The molecule has 21 nitrogen and oxygen atoms in total. The van der Waals surface area contributed by atoms with Crippen LogP contribution in [0.5, 0.6) is 11.5 Å². The lowest BCUT2D eigenvalue weighted by atomic mass is 10.0. The van der Waals surface area contributed by atoms with E-state index in [9.17, 15) is 43.8 Å². The number of aromatic nitrogens is 5. The van der Waals surface area contributed by atoms with E-state index in [4.69, 9.17) is 43.2 Å². The predicted molar refractivity (Wildman–Crippen MR) is 205 cm³/mol. The number of esters is 2. The van der Waals surface area contributed by atoms with E-state index < -0.39 is 76.4 Å². The number of aryl methyl sites for hydroxylation is 2. The van der Waals surface area contributed by atoms with Crippen LogP contribution in [-0.2, 0) is 28.8 Å². The van der Waals surface area contributed by atoms with Gasteiger partial charge in [0.1, 0.15) is 39.6 Å². The molecule has 5 heterocycles. The number of nitrogens with two attached hydrogens (primary N) is 1. The number of thioether (sulfide) groups is 2. The minimum absolute atomic E-state index is 0.0228. The number of carboxylic acids is 2. The molecule has 3 aromatic heterocycles. The molecule has 2 aliphatic rings. The SMILES string of the molecule is Cc1cc(SCC2=C(C(=O)O)N3C(=O)[C@@H](NC(=O)/C(=N\OC(=O)c4cc(OC(=O)CCl)c(OC(=O)CCl)cc4C)c4csc(N)n4)[C@H]3SC2)n2nc(C(=O)O)nc2n1. The van der Waals surface area contributed by atoms with Crippen LogP contribution in [0.4, 0.5) is 5.13 Å². The molecule has 0 spiro atoms. The van der Waals surface area contributed by atoms with Crippen molar-refractivity contribution in [3.8, 4) is 11.5 Å². The topological polar surface area (TPSA) is 297 Å². The molecular weight excluding hydrogens is 870 g/mol. The zero-order valence-corrected chi connectivity index (χ0v) is 33.4. The number of anilines is 1. The Hall–Kier alpha value is -5.82. The molecule has 4 aromatic rings. The number of carbonyl (C=O) groups is 7. The number of aromatic carboxylic acids is 1. The van der Waals surface area contributed by atoms with E-state index in [-0.39, 0.29) is 56.4 Å². The van der Waals surface area contributed by atoms with Crippen molar-refractivity contribution >= 4 is 116 Å². The number of hydrogen-bond donors (Lipinski definition) is 4. The molecule has 0 aliphatic carbocycles. The van der Waals surface area contributed by atoms with Crippen LogP contribution in [0.1, 0.15) is 37.9 Å². The van der Waals surface area contributed by atoms with Gasteiger partial charge in [-0.2, -0.15) is 9.50 Å². The number of thiazole rings is 1. The van der Waals surface area contributed by atoms with Crippen molar-refractivity contribution in [2.45, 2.75) is 30.3 Å². The first kappa shape index (κ1) is 41.8. The fourth-order valence-electron chi connectivity index (χ4n) is 5.39. The van der Waals surface area contributed by atoms with Gasteiger partial charge in [0.05, 0.1) is 5.56 Å². The average molecular weight is 895 g/mol. The van der Waals surface area contributed by atoms with Crippen LogP contribution >= 0.6 is 58.1 Å². The molecule has 6 rings (SSSR count). The van der Waals surface area contributed by atoms with Gasteiger partial charge in [0.15, 0.2) is 22.3 Å². The van der Waals surface area contributed by atoms with Crippen molar-refractivity contribution in [1.29, 1.82) is 0 Å². The summed E-state index contributed by atoms with van der Waals surface area (Å²) in [5.74, 6) is -9.50. The maximum absolute atomic E-state index is 13.7. The number of ether oxygens (including phenoxy) is 2. The zero-order valence-electron chi connectivity index (χ0n) is 29.5. The Morgan fingerprint density at radius 2 is 1.71 bits per heavy atom. The molecule has 58 heavy (non-hydrogen) atoms.